The molecule has 0 saturated carbocycles. The van der Waals surface area contributed by atoms with Crippen LogP contribution in [-0.2, 0) is 20.9 Å². The van der Waals surface area contributed by atoms with E-state index >= 15 is 0 Å². The molecule has 1 aromatic heterocycles. The van der Waals surface area contributed by atoms with E-state index in [9.17, 15) is 9.59 Å². The third-order valence-electron chi connectivity index (χ3n) is 4.74. The second-order valence-corrected chi connectivity index (χ2v) is 6.48. The van der Waals surface area contributed by atoms with Gasteiger partial charge in [0.05, 0.1) is 24.8 Å². The number of piperidine rings is 1. The molecule has 6 nitrogen and oxygen atoms in total. The largest absolute Gasteiger partial charge is 0.467 e. The summed E-state index contributed by atoms with van der Waals surface area (Å²) in [7, 11) is 1.51. The van der Waals surface area contributed by atoms with Crippen LogP contribution in [0.5, 0.6) is 0 Å². The summed E-state index contributed by atoms with van der Waals surface area (Å²) >= 11 is 0. The number of likely N-dealkylation sites (tertiary alicyclic amines) is 1. The fraction of sp³-hybridized carbons (Fsp3) is 0.400. The van der Waals surface area contributed by atoms with Crippen molar-refractivity contribution in [2.45, 2.75) is 25.4 Å². The van der Waals surface area contributed by atoms with Crippen molar-refractivity contribution < 1.29 is 18.7 Å². The highest BCUT2D eigenvalue weighted by molar-refractivity contribution is 5.82. The summed E-state index contributed by atoms with van der Waals surface area (Å²) in [6.45, 7) is 0.770. The van der Waals surface area contributed by atoms with E-state index in [1.54, 1.807) is 17.2 Å². The Balaban J connectivity index is 1.67. The monoisotopic (exact) mass is 356 g/mol. The zero-order valence-electron chi connectivity index (χ0n) is 14.9. The quantitative estimate of drug-likeness (QED) is 0.863. The maximum Gasteiger partial charge on any atom is 0.249 e. The SMILES string of the molecule is COCC(=O)N1CC(C(=O)NCc2ccco2)CCC1c1ccccc1. The van der Waals surface area contributed by atoms with Crippen LogP contribution < -0.4 is 5.32 Å². The van der Waals surface area contributed by atoms with Gasteiger partial charge in [-0.05, 0) is 30.5 Å². The Kier molecular flexibility index (Phi) is 6.07. The van der Waals surface area contributed by atoms with Gasteiger partial charge in [-0.15, -0.1) is 0 Å². The third-order valence-corrected chi connectivity index (χ3v) is 4.74. The molecule has 1 aliphatic rings. The number of furan rings is 1. The van der Waals surface area contributed by atoms with Crippen LogP contribution >= 0.6 is 0 Å². The van der Waals surface area contributed by atoms with E-state index in [-0.39, 0.29) is 30.4 Å². The first kappa shape index (κ1) is 18.2. The van der Waals surface area contributed by atoms with Crippen LogP contribution in [0.1, 0.15) is 30.2 Å². The van der Waals surface area contributed by atoms with Gasteiger partial charge in [-0.3, -0.25) is 9.59 Å². The molecule has 3 rings (SSSR count). The average molecular weight is 356 g/mol. The molecule has 0 aliphatic carbocycles. The van der Waals surface area contributed by atoms with Gasteiger partial charge in [-0.1, -0.05) is 30.3 Å². The van der Waals surface area contributed by atoms with Crippen molar-refractivity contribution >= 4 is 11.8 Å². The fourth-order valence-electron chi connectivity index (χ4n) is 3.42. The Morgan fingerprint density at radius 1 is 1.19 bits per heavy atom. The number of methoxy groups -OCH3 is 1. The second kappa shape index (κ2) is 8.67. The molecule has 1 aromatic carbocycles. The van der Waals surface area contributed by atoms with E-state index in [4.69, 9.17) is 9.15 Å². The molecule has 1 fully saturated rings. The standard InChI is InChI=1S/C20H24N2O4/c1-25-14-19(23)22-13-16(20(24)21-12-17-8-5-11-26-17)9-10-18(22)15-6-3-2-4-7-15/h2-8,11,16,18H,9-10,12-14H2,1H3,(H,21,24). The molecule has 0 radical (unpaired) electrons. The Hall–Kier alpha value is -2.60. The maximum atomic E-state index is 12.5. The van der Waals surface area contributed by atoms with Gasteiger partial charge in [-0.2, -0.15) is 0 Å². The van der Waals surface area contributed by atoms with Crippen molar-refractivity contribution in [3.63, 3.8) is 0 Å². The first-order valence-electron chi connectivity index (χ1n) is 8.82. The number of hydrogen-bond acceptors (Lipinski definition) is 4. The van der Waals surface area contributed by atoms with Crippen molar-refractivity contribution in [2.24, 2.45) is 5.92 Å². The number of nitrogens with one attached hydrogen (secondary N) is 1. The Bertz CT molecular complexity index is 715. The lowest BCUT2D eigenvalue weighted by molar-refractivity contribution is -0.142. The maximum absolute atomic E-state index is 12.5. The smallest absolute Gasteiger partial charge is 0.249 e. The molecule has 0 spiro atoms. The van der Waals surface area contributed by atoms with Crippen LogP contribution in [0, 0.1) is 5.92 Å². The Morgan fingerprint density at radius 2 is 2.00 bits per heavy atom. The predicted octanol–water partition coefficient (Wildman–Crippen LogP) is 2.52. The molecule has 26 heavy (non-hydrogen) atoms. The van der Waals surface area contributed by atoms with Gasteiger partial charge >= 0.3 is 0 Å². The summed E-state index contributed by atoms with van der Waals surface area (Å²) in [5, 5.41) is 2.90. The average Bonchev–Trinajstić information content (AvgIpc) is 3.20. The summed E-state index contributed by atoms with van der Waals surface area (Å²) in [6.07, 6.45) is 3.07. The number of amides is 2. The lowest BCUT2D eigenvalue weighted by Gasteiger charge is -2.39. The molecule has 1 saturated heterocycles. The summed E-state index contributed by atoms with van der Waals surface area (Å²) in [6, 6.07) is 13.5. The van der Waals surface area contributed by atoms with E-state index in [1.807, 2.05) is 36.4 Å². The van der Waals surface area contributed by atoms with E-state index < -0.39 is 0 Å². The molecule has 2 heterocycles. The van der Waals surface area contributed by atoms with Gasteiger partial charge < -0.3 is 19.4 Å². The van der Waals surface area contributed by atoms with Gasteiger partial charge in [0.25, 0.3) is 0 Å². The van der Waals surface area contributed by atoms with Gasteiger partial charge in [0.15, 0.2) is 0 Å². The highest BCUT2D eigenvalue weighted by atomic mass is 16.5. The third kappa shape index (κ3) is 4.32. The number of ether oxygens (including phenoxy) is 1. The summed E-state index contributed by atoms with van der Waals surface area (Å²) in [4.78, 5) is 26.9. The van der Waals surface area contributed by atoms with Crippen LogP contribution in [0.3, 0.4) is 0 Å². The van der Waals surface area contributed by atoms with Crippen LogP contribution in [-0.4, -0.2) is 37.0 Å². The highest BCUT2D eigenvalue weighted by Crippen LogP contribution is 2.33. The van der Waals surface area contributed by atoms with Crippen molar-refractivity contribution in [1.82, 2.24) is 10.2 Å². The number of carbonyl (C=O) groups is 2. The lowest BCUT2D eigenvalue weighted by Crippen LogP contribution is -2.47. The number of benzene rings is 1. The molecular weight excluding hydrogens is 332 g/mol. The van der Waals surface area contributed by atoms with Crippen LogP contribution in [0.2, 0.25) is 0 Å². The molecule has 2 unspecified atom stereocenters. The normalized spacial score (nSPS) is 20.0. The van der Waals surface area contributed by atoms with E-state index in [1.165, 1.54) is 7.11 Å². The second-order valence-electron chi connectivity index (χ2n) is 6.48. The van der Waals surface area contributed by atoms with E-state index in [0.29, 0.717) is 18.8 Å². The number of carbonyl (C=O) groups excluding carboxylic acids is 2. The Labute approximate surface area is 153 Å². The van der Waals surface area contributed by atoms with Gasteiger partial charge in [-0.25, -0.2) is 0 Å². The highest BCUT2D eigenvalue weighted by Gasteiger charge is 2.35. The van der Waals surface area contributed by atoms with Gasteiger partial charge in [0.2, 0.25) is 11.8 Å². The zero-order chi connectivity index (χ0) is 18.4. The number of rotatable bonds is 6. The minimum Gasteiger partial charge on any atom is -0.467 e. The number of nitrogens with zero attached hydrogens (tertiary/aromatic N) is 1. The van der Waals surface area contributed by atoms with Crippen LogP contribution in [0.15, 0.2) is 53.1 Å². The topological polar surface area (TPSA) is 71.8 Å². The van der Waals surface area contributed by atoms with E-state index in [0.717, 1.165) is 18.4 Å². The minimum absolute atomic E-state index is 0.0179. The van der Waals surface area contributed by atoms with Crippen molar-refractivity contribution in [3.05, 3.63) is 60.1 Å². The summed E-state index contributed by atoms with van der Waals surface area (Å²) in [5.41, 5.74) is 1.09. The van der Waals surface area contributed by atoms with Crippen LogP contribution in [0.25, 0.3) is 0 Å². The molecular formula is C20H24N2O4. The molecule has 1 N–H and O–H groups in total. The molecule has 138 valence electrons. The Morgan fingerprint density at radius 3 is 2.69 bits per heavy atom. The van der Waals surface area contributed by atoms with Crippen LogP contribution in [0.4, 0.5) is 0 Å². The molecule has 0 bridgehead atoms. The van der Waals surface area contributed by atoms with Crippen molar-refractivity contribution in [1.29, 1.82) is 0 Å². The van der Waals surface area contributed by atoms with Crippen molar-refractivity contribution in [2.75, 3.05) is 20.3 Å². The molecule has 2 atom stereocenters. The molecule has 2 amide bonds. The van der Waals surface area contributed by atoms with E-state index in [2.05, 4.69) is 5.32 Å². The summed E-state index contributed by atoms with van der Waals surface area (Å²) in [5.74, 6) is 0.336. The minimum atomic E-state index is -0.231. The van der Waals surface area contributed by atoms with Gasteiger partial charge in [0, 0.05) is 13.7 Å². The predicted molar refractivity (Wildman–Crippen MR) is 96.1 cm³/mol. The lowest BCUT2D eigenvalue weighted by atomic mass is 9.88. The number of hydrogen-bond donors (Lipinski definition) is 1. The zero-order valence-corrected chi connectivity index (χ0v) is 14.9. The van der Waals surface area contributed by atoms with Gasteiger partial charge in [0.1, 0.15) is 12.4 Å². The first-order chi connectivity index (χ1) is 12.7. The molecule has 2 aromatic rings. The first-order valence-corrected chi connectivity index (χ1v) is 8.82. The molecule has 1 aliphatic heterocycles. The molecule has 6 heteroatoms. The van der Waals surface area contributed by atoms with Crippen molar-refractivity contribution in [3.8, 4) is 0 Å². The summed E-state index contributed by atoms with van der Waals surface area (Å²) < 4.78 is 10.3. The fourth-order valence-corrected chi connectivity index (χ4v) is 3.42.